The molecule has 1 saturated heterocycles. The smallest absolute Gasteiger partial charge is 0.323 e. The van der Waals surface area contributed by atoms with Crippen molar-refractivity contribution in [1.29, 1.82) is 0 Å². The molecule has 0 radical (unpaired) electrons. The lowest BCUT2D eigenvalue weighted by atomic mass is 10.1. The first-order chi connectivity index (χ1) is 6.17. The lowest BCUT2D eigenvalue weighted by Crippen LogP contribution is -2.35. The van der Waals surface area contributed by atoms with E-state index in [2.05, 4.69) is 10.1 Å². The molecule has 1 atom stereocenters. The summed E-state index contributed by atoms with van der Waals surface area (Å²) in [4.78, 5) is 11.1. The van der Waals surface area contributed by atoms with E-state index >= 15 is 0 Å². The fourth-order valence-corrected chi connectivity index (χ4v) is 1.44. The van der Waals surface area contributed by atoms with E-state index in [-0.39, 0.29) is 12.0 Å². The molecule has 1 fully saturated rings. The van der Waals surface area contributed by atoms with Crippen LogP contribution in [0.4, 0.5) is 0 Å². The van der Waals surface area contributed by atoms with Crippen LogP contribution in [0.1, 0.15) is 6.42 Å². The molecule has 0 aliphatic carbocycles. The van der Waals surface area contributed by atoms with Crippen LogP contribution in [-0.2, 0) is 19.0 Å². The maximum atomic E-state index is 11.1. The molecule has 0 aromatic heterocycles. The Bertz CT molecular complexity index is 191. The van der Waals surface area contributed by atoms with Crippen molar-refractivity contribution in [3.8, 4) is 0 Å². The van der Waals surface area contributed by atoms with Crippen LogP contribution in [0.5, 0.6) is 0 Å². The van der Waals surface area contributed by atoms with E-state index in [4.69, 9.17) is 9.47 Å². The quantitative estimate of drug-likeness (QED) is 0.479. The molecular formula is C8H15NO4. The molecule has 0 saturated carbocycles. The third-order valence-corrected chi connectivity index (χ3v) is 2.36. The molecule has 1 aliphatic rings. The van der Waals surface area contributed by atoms with Crippen molar-refractivity contribution in [1.82, 2.24) is 5.32 Å². The highest BCUT2D eigenvalue weighted by Crippen LogP contribution is 2.23. The Balaban J connectivity index is 2.56. The molecule has 1 rings (SSSR count). The molecule has 5 heteroatoms. The first-order valence-electron chi connectivity index (χ1n) is 4.09. The van der Waals surface area contributed by atoms with Crippen molar-refractivity contribution in [2.45, 2.75) is 18.2 Å². The molecule has 0 aromatic carbocycles. The maximum Gasteiger partial charge on any atom is 0.323 e. The molecule has 0 bridgehead atoms. The van der Waals surface area contributed by atoms with Crippen molar-refractivity contribution in [2.75, 3.05) is 27.9 Å². The van der Waals surface area contributed by atoms with Gasteiger partial charge >= 0.3 is 5.97 Å². The number of nitrogens with one attached hydrogen (secondary N) is 1. The SMILES string of the molecule is COC(=O)[C@@H]1CC(OC)(OC)CN1. The number of carbonyl (C=O) groups is 1. The molecule has 0 aromatic rings. The number of ether oxygens (including phenoxy) is 3. The highest BCUT2D eigenvalue weighted by molar-refractivity contribution is 5.76. The van der Waals surface area contributed by atoms with Crippen LogP contribution in [0, 0.1) is 0 Å². The van der Waals surface area contributed by atoms with Gasteiger partial charge < -0.3 is 14.2 Å². The maximum absolute atomic E-state index is 11.1. The molecular weight excluding hydrogens is 174 g/mol. The average molecular weight is 189 g/mol. The van der Waals surface area contributed by atoms with Gasteiger partial charge in [-0.15, -0.1) is 0 Å². The number of carbonyl (C=O) groups excluding carboxylic acids is 1. The van der Waals surface area contributed by atoms with E-state index in [9.17, 15) is 4.79 Å². The summed E-state index contributed by atoms with van der Waals surface area (Å²) in [5.41, 5.74) is 0. The normalized spacial score (nSPS) is 25.9. The topological polar surface area (TPSA) is 56.8 Å². The van der Waals surface area contributed by atoms with E-state index in [1.807, 2.05) is 0 Å². The Hall–Kier alpha value is -0.650. The summed E-state index contributed by atoms with van der Waals surface area (Å²) in [6, 6.07) is -0.329. The molecule has 1 aliphatic heterocycles. The second-order valence-electron chi connectivity index (χ2n) is 2.98. The average Bonchev–Trinajstić information content (AvgIpc) is 2.61. The number of esters is 1. The first-order valence-corrected chi connectivity index (χ1v) is 4.09. The van der Waals surface area contributed by atoms with Crippen LogP contribution in [0.2, 0.25) is 0 Å². The summed E-state index contributed by atoms with van der Waals surface area (Å²) in [7, 11) is 4.49. The molecule has 0 spiro atoms. The lowest BCUT2D eigenvalue weighted by molar-refractivity contribution is -0.193. The van der Waals surface area contributed by atoms with Crippen molar-refractivity contribution in [3.63, 3.8) is 0 Å². The number of hydrogen-bond acceptors (Lipinski definition) is 5. The van der Waals surface area contributed by atoms with Gasteiger partial charge in [0.2, 0.25) is 0 Å². The van der Waals surface area contributed by atoms with E-state index in [1.54, 1.807) is 14.2 Å². The van der Waals surface area contributed by atoms with Crippen molar-refractivity contribution < 1.29 is 19.0 Å². The minimum absolute atomic E-state index is 0.282. The van der Waals surface area contributed by atoms with Crippen LogP contribution in [-0.4, -0.2) is 45.7 Å². The molecule has 76 valence electrons. The number of rotatable bonds is 3. The minimum Gasteiger partial charge on any atom is -0.468 e. The summed E-state index contributed by atoms with van der Waals surface area (Å²) in [6.45, 7) is 0.500. The van der Waals surface area contributed by atoms with Gasteiger partial charge in [0.15, 0.2) is 5.79 Å². The summed E-state index contributed by atoms with van der Waals surface area (Å²) < 4.78 is 15.0. The second kappa shape index (κ2) is 4.04. The predicted molar refractivity (Wildman–Crippen MR) is 45.2 cm³/mol. The van der Waals surface area contributed by atoms with Gasteiger partial charge in [-0.3, -0.25) is 10.1 Å². The highest BCUT2D eigenvalue weighted by atomic mass is 16.7. The molecule has 5 nitrogen and oxygen atoms in total. The van der Waals surface area contributed by atoms with Crippen LogP contribution >= 0.6 is 0 Å². The zero-order valence-electron chi connectivity index (χ0n) is 8.12. The molecule has 0 unspecified atom stereocenters. The molecule has 13 heavy (non-hydrogen) atoms. The predicted octanol–water partition coefficient (Wildman–Crippen LogP) is -0.490. The van der Waals surface area contributed by atoms with E-state index in [0.717, 1.165) is 0 Å². The number of methoxy groups -OCH3 is 3. The van der Waals surface area contributed by atoms with Crippen molar-refractivity contribution in [3.05, 3.63) is 0 Å². The monoisotopic (exact) mass is 189 g/mol. The molecule has 1 heterocycles. The summed E-state index contributed by atoms with van der Waals surface area (Å²) in [6.07, 6.45) is 0.479. The van der Waals surface area contributed by atoms with Gasteiger partial charge in [0.1, 0.15) is 6.04 Å². The first kappa shape index (κ1) is 10.4. The van der Waals surface area contributed by atoms with E-state index in [0.29, 0.717) is 13.0 Å². The fourth-order valence-electron chi connectivity index (χ4n) is 1.44. The van der Waals surface area contributed by atoms with Gasteiger partial charge in [-0.05, 0) is 0 Å². The highest BCUT2D eigenvalue weighted by Gasteiger charge is 2.42. The summed E-state index contributed by atoms with van der Waals surface area (Å²) in [5, 5.41) is 2.98. The molecule has 0 amide bonds. The van der Waals surface area contributed by atoms with Crippen LogP contribution in [0.25, 0.3) is 0 Å². The fraction of sp³-hybridized carbons (Fsp3) is 0.875. The number of hydrogen-bond donors (Lipinski definition) is 1. The Morgan fingerprint density at radius 1 is 1.38 bits per heavy atom. The summed E-state index contributed by atoms with van der Waals surface area (Å²) in [5.74, 6) is -0.963. The molecule has 1 N–H and O–H groups in total. The Morgan fingerprint density at radius 2 is 2.00 bits per heavy atom. The third kappa shape index (κ3) is 1.99. The van der Waals surface area contributed by atoms with Crippen molar-refractivity contribution in [2.24, 2.45) is 0 Å². The van der Waals surface area contributed by atoms with Gasteiger partial charge in [-0.2, -0.15) is 0 Å². The zero-order chi connectivity index (χ0) is 9.90. The van der Waals surface area contributed by atoms with Gasteiger partial charge in [0.05, 0.1) is 13.7 Å². The summed E-state index contributed by atoms with van der Waals surface area (Å²) >= 11 is 0. The zero-order valence-corrected chi connectivity index (χ0v) is 8.12. The Labute approximate surface area is 77.3 Å². The van der Waals surface area contributed by atoms with Gasteiger partial charge in [0.25, 0.3) is 0 Å². The third-order valence-electron chi connectivity index (χ3n) is 2.36. The van der Waals surface area contributed by atoms with Gasteiger partial charge in [0, 0.05) is 20.6 Å². The minimum atomic E-state index is -0.682. The lowest BCUT2D eigenvalue weighted by Gasteiger charge is -2.24. The van der Waals surface area contributed by atoms with Gasteiger partial charge in [-0.1, -0.05) is 0 Å². The second-order valence-corrected chi connectivity index (χ2v) is 2.98. The standard InChI is InChI=1S/C8H15NO4/c1-11-7(10)6-4-8(12-2,13-3)5-9-6/h6,9H,4-5H2,1-3H3/t6-/m0/s1. The largest absolute Gasteiger partial charge is 0.468 e. The van der Waals surface area contributed by atoms with Crippen molar-refractivity contribution >= 4 is 5.97 Å². The Morgan fingerprint density at radius 3 is 2.38 bits per heavy atom. The van der Waals surface area contributed by atoms with Gasteiger partial charge in [-0.25, -0.2) is 0 Å². The van der Waals surface area contributed by atoms with E-state index in [1.165, 1.54) is 7.11 Å². The van der Waals surface area contributed by atoms with E-state index < -0.39 is 5.79 Å². The van der Waals surface area contributed by atoms with Crippen LogP contribution < -0.4 is 5.32 Å². The van der Waals surface area contributed by atoms with Crippen LogP contribution in [0.3, 0.4) is 0 Å². The Kier molecular flexibility index (Phi) is 3.24. The van der Waals surface area contributed by atoms with Crippen LogP contribution in [0.15, 0.2) is 0 Å².